The summed E-state index contributed by atoms with van der Waals surface area (Å²) in [7, 11) is 1.44. The van der Waals surface area contributed by atoms with Crippen LogP contribution in [-0.4, -0.2) is 41.6 Å². The summed E-state index contributed by atoms with van der Waals surface area (Å²) in [6.07, 6.45) is 3.72. The topological polar surface area (TPSA) is 55.8 Å². The van der Waals surface area contributed by atoms with Gasteiger partial charge in [-0.2, -0.15) is 0 Å². The molecule has 3 rings (SSSR count). The molecule has 0 aliphatic carbocycles. The second kappa shape index (κ2) is 7.49. The van der Waals surface area contributed by atoms with Crippen molar-refractivity contribution in [2.75, 3.05) is 7.11 Å². The van der Waals surface area contributed by atoms with Gasteiger partial charge in [0.2, 0.25) is 0 Å². The van der Waals surface area contributed by atoms with E-state index >= 15 is 0 Å². The highest BCUT2D eigenvalue weighted by molar-refractivity contribution is 6.00. The van der Waals surface area contributed by atoms with Crippen molar-refractivity contribution < 1.29 is 23.5 Å². The maximum atomic E-state index is 13.5. The lowest BCUT2D eigenvalue weighted by molar-refractivity contribution is -0.0261. The lowest BCUT2D eigenvalue weighted by atomic mass is 9.75. The molecule has 2 atom stereocenters. The van der Waals surface area contributed by atoms with Gasteiger partial charge in [-0.3, -0.25) is 4.79 Å². The van der Waals surface area contributed by atoms with Gasteiger partial charge in [0.1, 0.15) is 17.2 Å². The molecule has 6 heteroatoms. The number of carbonyl (C=O) groups is 2. The number of methoxy groups -OCH3 is 1. The molecule has 2 aliphatic rings. The summed E-state index contributed by atoms with van der Waals surface area (Å²) >= 11 is 0. The number of amides is 1. The molecule has 2 bridgehead atoms. The number of fused-ring (bicyclic) bond motifs is 2. The van der Waals surface area contributed by atoms with Crippen LogP contribution in [0.2, 0.25) is 0 Å². The summed E-state index contributed by atoms with van der Waals surface area (Å²) in [5.74, 6) is -0.398. The molecular weight excluding hydrogens is 349 g/mol. The Balaban J connectivity index is 1.78. The van der Waals surface area contributed by atoms with Gasteiger partial charge in [-0.15, -0.1) is 0 Å². The molecular formula is C21H28FNO4. The summed E-state index contributed by atoms with van der Waals surface area (Å²) in [6.45, 7) is 5.58. The third kappa shape index (κ3) is 4.25. The molecule has 2 unspecified atom stereocenters. The van der Waals surface area contributed by atoms with E-state index in [1.54, 1.807) is 0 Å². The van der Waals surface area contributed by atoms with Gasteiger partial charge in [0.05, 0.1) is 12.7 Å². The van der Waals surface area contributed by atoms with Crippen LogP contribution >= 0.6 is 0 Å². The Kier molecular flexibility index (Phi) is 5.45. The molecule has 2 fully saturated rings. The molecule has 0 aromatic heterocycles. The maximum absolute atomic E-state index is 13.5. The van der Waals surface area contributed by atoms with Crippen LogP contribution in [0.3, 0.4) is 0 Å². The lowest BCUT2D eigenvalue weighted by Gasteiger charge is -2.48. The van der Waals surface area contributed by atoms with Crippen molar-refractivity contribution >= 4 is 11.9 Å². The van der Waals surface area contributed by atoms with Gasteiger partial charge >= 0.3 is 6.09 Å². The van der Waals surface area contributed by atoms with Gasteiger partial charge in [0, 0.05) is 24.1 Å². The highest BCUT2D eigenvalue weighted by Gasteiger charge is 2.44. The summed E-state index contributed by atoms with van der Waals surface area (Å²) < 4.78 is 24.2. The Morgan fingerprint density at radius 3 is 2.33 bits per heavy atom. The highest BCUT2D eigenvalue weighted by Crippen LogP contribution is 2.40. The number of hydrogen-bond donors (Lipinski definition) is 0. The minimum absolute atomic E-state index is 0.00717. The zero-order valence-electron chi connectivity index (χ0n) is 16.5. The van der Waals surface area contributed by atoms with Gasteiger partial charge in [-0.05, 0) is 65.0 Å². The van der Waals surface area contributed by atoms with Crippen LogP contribution in [0, 0.1) is 11.7 Å². The van der Waals surface area contributed by atoms with Gasteiger partial charge in [-0.25, -0.2) is 9.18 Å². The van der Waals surface area contributed by atoms with Crippen LogP contribution in [0.15, 0.2) is 18.2 Å². The molecule has 0 spiro atoms. The Hall–Kier alpha value is -2.11. The van der Waals surface area contributed by atoms with E-state index < -0.39 is 11.4 Å². The Morgan fingerprint density at radius 1 is 1.15 bits per heavy atom. The van der Waals surface area contributed by atoms with Crippen molar-refractivity contribution in [2.45, 2.75) is 70.6 Å². The first-order valence-corrected chi connectivity index (χ1v) is 9.58. The second-order valence-electron chi connectivity index (χ2n) is 8.50. The Morgan fingerprint density at radius 2 is 1.78 bits per heavy atom. The van der Waals surface area contributed by atoms with Crippen molar-refractivity contribution in [3.63, 3.8) is 0 Å². The lowest BCUT2D eigenvalue weighted by Crippen LogP contribution is -2.56. The SMILES string of the molecule is COc1cc(F)ccc1C(=O)C1CC2CCCC(C1)N2C(=O)OC(C)(C)C. The summed E-state index contributed by atoms with van der Waals surface area (Å²) in [5, 5.41) is 0. The first-order chi connectivity index (χ1) is 12.7. The van der Waals surface area contributed by atoms with Gasteiger partial charge in [0.25, 0.3) is 0 Å². The van der Waals surface area contributed by atoms with E-state index in [9.17, 15) is 14.0 Å². The number of benzene rings is 1. The van der Waals surface area contributed by atoms with Crippen molar-refractivity contribution in [1.82, 2.24) is 4.90 Å². The fourth-order valence-corrected chi connectivity index (χ4v) is 4.30. The van der Waals surface area contributed by atoms with Gasteiger partial charge in [0.15, 0.2) is 5.78 Å². The highest BCUT2D eigenvalue weighted by atomic mass is 19.1. The molecule has 148 valence electrons. The van der Waals surface area contributed by atoms with E-state index in [2.05, 4.69) is 0 Å². The minimum atomic E-state index is -0.542. The largest absolute Gasteiger partial charge is 0.496 e. The smallest absolute Gasteiger partial charge is 0.410 e. The number of piperidine rings is 2. The van der Waals surface area contributed by atoms with E-state index in [-0.39, 0.29) is 35.6 Å². The minimum Gasteiger partial charge on any atom is -0.496 e. The zero-order valence-corrected chi connectivity index (χ0v) is 16.5. The number of ether oxygens (including phenoxy) is 2. The fourth-order valence-electron chi connectivity index (χ4n) is 4.30. The van der Waals surface area contributed by atoms with Gasteiger partial charge < -0.3 is 14.4 Å². The molecule has 0 radical (unpaired) electrons. The summed E-state index contributed by atoms with van der Waals surface area (Å²) in [6, 6.07) is 4.03. The Labute approximate surface area is 159 Å². The number of ketones is 1. The Bertz CT molecular complexity index is 713. The first-order valence-electron chi connectivity index (χ1n) is 9.58. The zero-order chi connectivity index (χ0) is 19.8. The summed E-state index contributed by atoms with van der Waals surface area (Å²) in [4.78, 5) is 27.6. The van der Waals surface area contributed by atoms with E-state index in [0.29, 0.717) is 18.4 Å². The second-order valence-corrected chi connectivity index (χ2v) is 8.50. The van der Waals surface area contributed by atoms with Crippen LogP contribution in [-0.2, 0) is 4.74 Å². The normalized spacial score (nSPS) is 25.1. The van der Waals surface area contributed by atoms with Crippen LogP contribution in [0.5, 0.6) is 5.75 Å². The number of halogens is 1. The first kappa shape index (κ1) is 19.6. The number of nitrogens with zero attached hydrogens (tertiary/aromatic N) is 1. The van der Waals surface area contributed by atoms with Gasteiger partial charge in [-0.1, -0.05) is 0 Å². The quantitative estimate of drug-likeness (QED) is 0.723. The van der Waals surface area contributed by atoms with Crippen LogP contribution in [0.4, 0.5) is 9.18 Å². The van der Waals surface area contributed by atoms with Crippen LogP contribution in [0.1, 0.15) is 63.2 Å². The molecule has 2 aliphatic heterocycles. The number of rotatable bonds is 3. The van der Waals surface area contributed by atoms with Crippen molar-refractivity contribution in [2.24, 2.45) is 5.92 Å². The van der Waals surface area contributed by atoms with Crippen LogP contribution in [0.25, 0.3) is 0 Å². The number of Topliss-reactive ketones (excluding diaryl/α,β-unsaturated/α-hetero) is 1. The maximum Gasteiger partial charge on any atom is 0.410 e. The molecule has 1 aromatic carbocycles. The molecule has 5 nitrogen and oxygen atoms in total. The average Bonchev–Trinajstić information content (AvgIpc) is 2.58. The molecule has 0 saturated carbocycles. The average molecular weight is 377 g/mol. The third-order valence-corrected chi connectivity index (χ3v) is 5.38. The molecule has 27 heavy (non-hydrogen) atoms. The number of carbonyl (C=O) groups excluding carboxylic acids is 2. The molecule has 1 aromatic rings. The molecule has 2 heterocycles. The van der Waals surface area contributed by atoms with Crippen molar-refractivity contribution in [3.8, 4) is 5.75 Å². The van der Waals surface area contributed by atoms with E-state index in [4.69, 9.17) is 9.47 Å². The predicted octanol–water partition coefficient (Wildman–Crippen LogP) is 4.59. The molecule has 2 saturated heterocycles. The number of hydrogen-bond acceptors (Lipinski definition) is 4. The van der Waals surface area contributed by atoms with Crippen molar-refractivity contribution in [1.29, 1.82) is 0 Å². The predicted molar refractivity (Wildman–Crippen MR) is 99.5 cm³/mol. The fraction of sp³-hybridized carbons (Fsp3) is 0.619. The van der Waals surface area contributed by atoms with E-state index in [0.717, 1.165) is 19.3 Å². The standard InChI is InChI=1S/C21H28FNO4/c1-21(2,3)27-20(25)23-15-6-5-7-16(23)11-13(10-15)19(24)17-9-8-14(22)12-18(17)26-4/h8-9,12-13,15-16H,5-7,10-11H2,1-4H3. The molecule has 1 amide bonds. The molecule has 0 N–H and O–H groups in total. The van der Waals surface area contributed by atoms with E-state index in [1.165, 1.54) is 25.3 Å². The monoisotopic (exact) mass is 377 g/mol. The third-order valence-electron chi connectivity index (χ3n) is 5.38. The van der Waals surface area contributed by atoms with Crippen molar-refractivity contribution in [3.05, 3.63) is 29.6 Å². The van der Waals surface area contributed by atoms with Crippen LogP contribution < -0.4 is 4.74 Å². The van der Waals surface area contributed by atoms with E-state index in [1.807, 2.05) is 25.7 Å². The summed E-state index contributed by atoms with van der Waals surface area (Å²) in [5.41, 5.74) is -0.132.